The normalized spacial score (nSPS) is 18.3. The first kappa shape index (κ1) is 102. The average Bonchev–Trinajstić information content (AvgIpc) is 3.32. The third-order valence-corrected chi connectivity index (χ3v) is 9.91. The number of aliphatic hydroxyl groups is 1. The summed E-state index contributed by atoms with van der Waals surface area (Å²) >= 11 is 9.63. The Morgan fingerprint density at radius 1 is 0.519 bits per heavy atom. The second-order valence-corrected chi connectivity index (χ2v) is 33.0. The number of allylic oxidation sites excluding steroid dienone is 2. The molecule has 35 heteroatoms. The van der Waals surface area contributed by atoms with E-state index in [1.54, 1.807) is 5.48 Å². The molecule has 0 heterocycles. The fourth-order valence-electron chi connectivity index (χ4n) is 4.53. The molecule has 7 atom stereocenters. The number of aliphatic carboxylic acids is 9. The summed E-state index contributed by atoms with van der Waals surface area (Å²) in [6.45, 7) is 11.4. The fourth-order valence-corrected chi connectivity index (χ4v) is 5.30. The van der Waals surface area contributed by atoms with Gasteiger partial charge in [0.2, 0.25) is 5.91 Å². The number of hydroxylamine groups is 1. The molecule has 0 spiro atoms. The first-order valence-corrected chi connectivity index (χ1v) is 36.7. The molecule has 77 heavy (non-hydrogen) atoms. The predicted octanol–water partition coefficient (Wildman–Crippen LogP) is 7.18. The number of carbonyl (C=O) groups excluding carboxylic acids is 2. The molecule has 1 fully saturated rings. The molecule has 3 rings (SSSR count). The third kappa shape index (κ3) is 87.5. The van der Waals surface area contributed by atoms with Gasteiger partial charge in [0.1, 0.15) is 6.61 Å². The van der Waals surface area contributed by atoms with E-state index in [9.17, 15) is 14.4 Å². The van der Waals surface area contributed by atoms with Crippen LogP contribution in [0.25, 0.3) is 17.2 Å². The van der Waals surface area contributed by atoms with Gasteiger partial charge in [0.15, 0.2) is 5.78 Å². The van der Waals surface area contributed by atoms with Crippen LogP contribution in [0.3, 0.4) is 0 Å². The maximum Gasteiger partial charge on any atom is 2.00 e. The predicted molar refractivity (Wildman–Crippen MR) is 294 cm³/mol. The van der Waals surface area contributed by atoms with Crippen LogP contribution in [0.1, 0.15) is 89.9 Å². The van der Waals surface area contributed by atoms with Crippen molar-refractivity contribution in [2.45, 2.75) is 108 Å². The van der Waals surface area contributed by atoms with Crippen LogP contribution < -0.4 is 5.48 Å². The van der Waals surface area contributed by atoms with Crippen LogP contribution in [0.2, 0.25) is 0 Å². The second kappa shape index (κ2) is 72.2. The van der Waals surface area contributed by atoms with Gasteiger partial charge in [-0.25, -0.2) is 43.8 Å². The number of hydrogen-bond acceptors (Lipinski definition) is 13. The Morgan fingerprint density at radius 2 is 0.831 bits per heavy atom. The van der Waals surface area contributed by atoms with E-state index in [0.717, 1.165) is 79.5 Å². The molecule has 0 aromatic carbocycles. The number of ketones is 1. The zero-order chi connectivity index (χ0) is 58.7. The van der Waals surface area contributed by atoms with Crippen molar-refractivity contribution in [1.29, 1.82) is 0 Å². The van der Waals surface area contributed by atoms with Gasteiger partial charge >= 0.3 is 146 Å². The van der Waals surface area contributed by atoms with Crippen molar-refractivity contribution in [3.63, 3.8) is 0 Å². The van der Waals surface area contributed by atoms with Crippen molar-refractivity contribution < 1.29 is 207 Å². The Bertz CT molecular complexity index is 1480. The molecule has 0 aromatic heterocycles. The van der Waals surface area contributed by atoms with Gasteiger partial charge in [-0.1, -0.05) is 121 Å². The van der Waals surface area contributed by atoms with E-state index in [4.69, 9.17) is 112 Å². The van der Waals surface area contributed by atoms with Crippen LogP contribution in [0.5, 0.6) is 0 Å². The number of halogens is 4. The minimum Gasteiger partial charge on any atom is 2.00 e. The van der Waals surface area contributed by atoms with Crippen LogP contribution in [0, 0.1) is 44.4 Å². The van der Waals surface area contributed by atoms with E-state index in [1.807, 2.05) is 0 Å². The molecule has 26 nitrogen and oxygen atoms in total. The van der Waals surface area contributed by atoms with E-state index in [-0.39, 0.29) is 129 Å². The Balaban J connectivity index is -0.0000000711. The summed E-state index contributed by atoms with van der Waals surface area (Å²) in [5.74, 6) is -14.1. The number of nitrogens with one attached hydrogen (secondary N) is 4. The minimum atomic E-state index is -1.82. The number of Topliss-reactive ketones (excluding diaryl/α,β-unsaturated/α-hetero) is 1. The van der Waals surface area contributed by atoms with Crippen LogP contribution in [-0.4, -0.2) is 155 Å². The number of rotatable bonds is 11. The number of aliphatic hydroxyl groups excluding tert-OH is 1. The van der Waals surface area contributed by atoms with Gasteiger partial charge in [-0.05, 0) is 25.2 Å². The van der Waals surface area contributed by atoms with E-state index in [1.165, 1.54) is 0 Å². The molecule has 0 bridgehead atoms. The Morgan fingerprint density at radius 3 is 1.04 bits per heavy atom. The van der Waals surface area contributed by atoms with Gasteiger partial charge in [0.25, 0.3) is 0 Å². The number of carboxylic acid groups (broad SMARTS) is 9. The summed E-state index contributed by atoms with van der Waals surface area (Å²) in [4.78, 5) is 104. The van der Waals surface area contributed by atoms with Crippen molar-refractivity contribution in [3.05, 3.63) is 62.3 Å². The van der Waals surface area contributed by atoms with Gasteiger partial charge in [0, 0.05) is 72.9 Å². The van der Waals surface area contributed by atoms with Gasteiger partial charge in [-0.15, -0.1) is 0 Å². The average molecular weight is 2290 g/mol. The molecule has 0 aliphatic heterocycles. The van der Waals surface area contributed by atoms with Crippen LogP contribution in [-0.2, 0) is 151 Å². The van der Waals surface area contributed by atoms with E-state index in [2.05, 4.69) is 129 Å². The third-order valence-electron chi connectivity index (χ3n) is 8.38. The molecule has 0 saturated heterocycles. The topological polar surface area (TPSA) is 494 Å². The number of carboxylic acids is 9. The number of carbonyl (C=O) groups is 11. The molecule has 1 unspecified atom stereocenters. The Hall–Kier alpha value is 0.115. The monoisotopic (exact) mass is 2280 g/mol. The first-order valence-electron chi connectivity index (χ1n) is 20.8. The van der Waals surface area contributed by atoms with E-state index < -0.39 is 53.7 Å². The molecule has 1 saturated carbocycles. The zero-order valence-electron chi connectivity index (χ0n) is 40.5. The van der Waals surface area contributed by atoms with Gasteiger partial charge in [-0.3, -0.25) is 19.6 Å². The molecular weight excluding hydrogens is 2220 g/mol. The van der Waals surface area contributed by atoms with Crippen molar-refractivity contribution >= 4 is 149 Å². The molecule has 2 radical (unpaired) electrons. The largest absolute Gasteiger partial charge is 2.00 e. The smallest absolute Gasteiger partial charge is 2.00 e. The van der Waals surface area contributed by atoms with Gasteiger partial charge < -0.3 is 89.0 Å². The van der Waals surface area contributed by atoms with Crippen molar-refractivity contribution in [3.8, 4) is 0 Å². The Labute approximate surface area is 564 Å². The summed E-state index contributed by atoms with van der Waals surface area (Å²) in [7, 11) is 0. The number of amides is 1. The molecular formula is C42H66Ag2I4N4O22Pt3. The minimum absolute atomic E-state index is 0. The van der Waals surface area contributed by atoms with E-state index >= 15 is 0 Å². The SMILES string of the molecule is O=C(CCCI)NO.O=C(O)C(=O)O.O=C(O)C(=O)O.O=C(O)C(=O)O.O=C(O)C(=O)O.O=C(O)CCCI.[Ag].[Ag].[CH2-][C@@H]1CC(CCCC(=O)CO)CC[C@H]1[NH-].[CH2-][C@@H]1CC=CC[C@H]1[NH-].[CH2-][C@@H]1CC=CC[C@H]1[NH-].[I][Pt+2][I].[Pt+2].[Pt+2]. The van der Waals surface area contributed by atoms with Crippen molar-refractivity contribution in [2.75, 3.05) is 15.5 Å². The molecule has 466 valence electrons. The molecule has 3 aliphatic rings. The quantitative estimate of drug-likeness (QED) is 0.0142. The summed E-state index contributed by atoms with van der Waals surface area (Å²) in [5.41, 5.74) is 24.0. The van der Waals surface area contributed by atoms with E-state index in [0.29, 0.717) is 48.2 Å². The van der Waals surface area contributed by atoms with Crippen molar-refractivity contribution in [2.24, 2.45) is 23.7 Å². The first-order chi connectivity index (χ1) is 33.8. The summed E-state index contributed by atoms with van der Waals surface area (Å²) in [6, 6.07) is 0.125. The van der Waals surface area contributed by atoms with Gasteiger partial charge in [0.05, 0.1) is 0 Å². The summed E-state index contributed by atoms with van der Waals surface area (Å²) in [5, 5.41) is 83.7. The van der Waals surface area contributed by atoms with Crippen LogP contribution in [0.15, 0.2) is 24.3 Å². The summed E-state index contributed by atoms with van der Waals surface area (Å²) < 4.78 is 1.88. The van der Waals surface area contributed by atoms with Crippen LogP contribution in [0.4, 0.5) is 0 Å². The number of alkyl halides is 2. The Kier molecular flexibility index (Phi) is 95.9. The molecule has 15 N–H and O–H groups in total. The number of hydrogen-bond donors (Lipinski definition) is 12. The van der Waals surface area contributed by atoms with Gasteiger partial charge in [-0.2, -0.15) is 35.9 Å². The summed E-state index contributed by atoms with van der Waals surface area (Å²) in [6.07, 6.45) is 20.0. The molecule has 3 aliphatic carbocycles. The standard InChI is InChI=1S/C12H21NO2.2C7H11N.C4H8INO2.C4H7IO2.4C2H2O4.2Ag.2HI.3Pt/c1-9-7-10(5-6-12(9)13)3-2-4-11(15)8-14;2*1-6-4-2-3-5-7(6)8;5-3-1-2-4(7)6-8;5-3-1-2-4(6)7;4*3-1(4)2(5)6;;;;;;;/h9-10,12-14H,1-8H2;2*2-3,6-8H,1,4-5H2;8H,1-3H2,(H,6,7);1-3H2,(H,6,7);4*(H,3,4)(H,5,6);;;2*1H;;;/q3*-2;;;;;;;;;;;2*+2;+4/p-2/t9-,10?,12-;2*6-,7-;;;;;;;;;;;;;/m111............./s1. The second-order valence-electron chi connectivity index (χ2n) is 14.3. The van der Waals surface area contributed by atoms with Crippen LogP contribution >= 0.6 is 83.9 Å². The maximum absolute atomic E-state index is 10.9. The van der Waals surface area contributed by atoms with Crippen molar-refractivity contribution in [1.82, 2.24) is 5.48 Å². The molecule has 0 aromatic rings. The zero-order valence-corrected chi connectivity index (χ0v) is 58.9. The molecule has 1 amide bonds. The maximum atomic E-state index is 10.9. The fraction of sp³-hybridized carbons (Fsp3) is 0.571.